The SMILES string of the molecule is CC1c2cc(-c3ccc(-c4cncc(NSc5ccc(F)cc5F)c4)s3)ccc2C(=O)N1C. The van der Waals surface area contributed by atoms with Crippen molar-refractivity contribution in [2.75, 3.05) is 11.8 Å². The van der Waals surface area contributed by atoms with E-state index in [-0.39, 0.29) is 11.9 Å². The number of amides is 1. The minimum Gasteiger partial charge on any atom is -0.335 e. The Morgan fingerprint density at radius 2 is 1.79 bits per heavy atom. The molecule has 0 saturated heterocycles. The lowest BCUT2D eigenvalue weighted by atomic mass is 10.0. The van der Waals surface area contributed by atoms with E-state index < -0.39 is 11.6 Å². The van der Waals surface area contributed by atoms with Gasteiger partial charge in [0.1, 0.15) is 11.6 Å². The second-order valence-corrected chi connectivity index (χ2v) is 9.73. The summed E-state index contributed by atoms with van der Waals surface area (Å²) in [5.74, 6) is -1.16. The van der Waals surface area contributed by atoms with Crippen LogP contribution in [0.25, 0.3) is 20.9 Å². The van der Waals surface area contributed by atoms with Crippen LogP contribution in [0.15, 0.2) is 71.9 Å². The normalized spacial score (nSPS) is 15.1. The second-order valence-electron chi connectivity index (χ2n) is 7.80. The molecule has 2 aromatic carbocycles. The van der Waals surface area contributed by atoms with Crippen molar-refractivity contribution in [2.24, 2.45) is 0 Å². The van der Waals surface area contributed by atoms with Crippen molar-refractivity contribution in [1.29, 1.82) is 0 Å². The summed E-state index contributed by atoms with van der Waals surface area (Å²) in [6.07, 6.45) is 3.43. The van der Waals surface area contributed by atoms with Crippen molar-refractivity contribution in [1.82, 2.24) is 9.88 Å². The third-order valence-electron chi connectivity index (χ3n) is 5.72. The standard InChI is InChI=1S/C25H19F2N3OS2/c1-14-20-10-15(3-5-19(20)25(31)30(14)2)22-7-8-23(32-22)16-9-18(13-28-12-16)29-33-24-6-4-17(26)11-21(24)27/h3-14,29H,1-2H3. The summed E-state index contributed by atoms with van der Waals surface area (Å²) in [4.78, 5) is 20.8. The van der Waals surface area contributed by atoms with Gasteiger partial charge in [-0.3, -0.25) is 9.78 Å². The van der Waals surface area contributed by atoms with Crippen LogP contribution in [-0.2, 0) is 0 Å². The summed E-state index contributed by atoms with van der Waals surface area (Å²) >= 11 is 2.71. The monoisotopic (exact) mass is 479 g/mol. The van der Waals surface area contributed by atoms with Crippen molar-refractivity contribution < 1.29 is 13.6 Å². The maximum absolute atomic E-state index is 13.9. The van der Waals surface area contributed by atoms with Crippen LogP contribution in [-0.4, -0.2) is 22.8 Å². The van der Waals surface area contributed by atoms with E-state index in [0.29, 0.717) is 10.6 Å². The van der Waals surface area contributed by atoms with Gasteiger partial charge in [0.05, 0.1) is 22.8 Å². The Bertz CT molecular complexity index is 1370. The third-order valence-corrected chi connectivity index (χ3v) is 7.79. The van der Waals surface area contributed by atoms with E-state index in [9.17, 15) is 13.6 Å². The lowest BCUT2D eigenvalue weighted by molar-refractivity contribution is 0.0784. The molecule has 1 aliphatic heterocycles. The zero-order chi connectivity index (χ0) is 23.1. The Labute approximate surface area is 198 Å². The number of fused-ring (bicyclic) bond motifs is 1. The van der Waals surface area contributed by atoms with E-state index >= 15 is 0 Å². The molecule has 33 heavy (non-hydrogen) atoms. The van der Waals surface area contributed by atoms with Crippen LogP contribution in [0.5, 0.6) is 0 Å². The molecule has 2 aromatic heterocycles. The van der Waals surface area contributed by atoms with Gasteiger partial charge >= 0.3 is 0 Å². The van der Waals surface area contributed by atoms with Gasteiger partial charge in [0.15, 0.2) is 0 Å². The minimum atomic E-state index is -0.615. The minimum absolute atomic E-state index is 0.0577. The summed E-state index contributed by atoms with van der Waals surface area (Å²) in [7, 11) is 1.83. The van der Waals surface area contributed by atoms with Crippen LogP contribution in [0.4, 0.5) is 14.5 Å². The number of halogens is 2. The molecule has 0 radical (unpaired) electrons. The number of nitrogens with one attached hydrogen (secondary N) is 1. The topological polar surface area (TPSA) is 45.2 Å². The predicted molar refractivity (Wildman–Crippen MR) is 129 cm³/mol. The predicted octanol–water partition coefficient (Wildman–Crippen LogP) is 7.02. The van der Waals surface area contributed by atoms with Crippen molar-refractivity contribution in [3.05, 3.63) is 89.8 Å². The lowest BCUT2D eigenvalue weighted by Crippen LogP contribution is -2.20. The Hall–Kier alpha value is -3.23. The molecule has 0 fully saturated rings. The zero-order valence-corrected chi connectivity index (χ0v) is 19.4. The molecule has 8 heteroatoms. The Kier molecular flexibility index (Phi) is 5.64. The first-order valence-electron chi connectivity index (χ1n) is 10.3. The Morgan fingerprint density at radius 3 is 2.58 bits per heavy atom. The molecule has 0 saturated carbocycles. The highest BCUT2D eigenvalue weighted by Crippen LogP contribution is 2.39. The number of rotatable bonds is 5. The molecule has 0 bridgehead atoms. The average molecular weight is 480 g/mol. The van der Waals surface area contributed by atoms with Crippen LogP contribution < -0.4 is 4.72 Å². The maximum atomic E-state index is 13.9. The lowest BCUT2D eigenvalue weighted by Gasteiger charge is -2.15. The van der Waals surface area contributed by atoms with Crippen LogP contribution >= 0.6 is 23.3 Å². The molecule has 1 unspecified atom stereocenters. The number of hydrogen-bond donors (Lipinski definition) is 1. The first kappa shape index (κ1) is 21.6. The third kappa shape index (κ3) is 4.12. The highest BCUT2D eigenvalue weighted by atomic mass is 32.2. The molecule has 1 atom stereocenters. The van der Waals surface area contributed by atoms with Crippen LogP contribution in [0, 0.1) is 11.6 Å². The van der Waals surface area contributed by atoms with Gasteiger partial charge in [0.2, 0.25) is 0 Å². The van der Waals surface area contributed by atoms with Gasteiger partial charge in [-0.25, -0.2) is 8.78 Å². The summed E-state index contributed by atoms with van der Waals surface area (Å²) in [6.45, 7) is 2.04. The van der Waals surface area contributed by atoms with E-state index in [1.807, 2.05) is 38.2 Å². The molecule has 3 heterocycles. The number of aromatic nitrogens is 1. The van der Waals surface area contributed by atoms with Gasteiger partial charge < -0.3 is 9.62 Å². The molecule has 0 aliphatic carbocycles. The molecule has 4 aromatic rings. The molecule has 5 rings (SSSR count). The van der Waals surface area contributed by atoms with E-state index in [1.165, 1.54) is 12.1 Å². The van der Waals surface area contributed by atoms with Gasteiger partial charge in [-0.05, 0) is 72.5 Å². The highest BCUT2D eigenvalue weighted by Gasteiger charge is 2.31. The van der Waals surface area contributed by atoms with Gasteiger partial charge in [-0.1, -0.05) is 6.07 Å². The summed E-state index contributed by atoms with van der Waals surface area (Å²) in [5.41, 5.74) is 4.53. The molecule has 0 spiro atoms. The van der Waals surface area contributed by atoms with Gasteiger partial charge in [0.25, 0.3) is 5.91 Å². The van der Waals surface area contributed by atoms with E-state index in [4.69, 9.17) is 0 Å². The average Bonchev–Trinajstić information content (AvgIpc) is 3.39. The van der Waals surface area contributed by atoms with E-state index in [1.54, 1.807) is 28.6 Å². The van der Waals surface area contributed by atoms with Crippen molar-refractivity contribution in [3.8, 4) is 20.9 Å². The van der Waals surface area contributed by atoms with Crippen LogP contribution in [0.2, 0.25) is 0 Å². The maximum Gasteiger partial charge on any atom is 0.254 e. The van der Waals surface area contributed by atoms with E-state index in [2.05, 4.69) is 21.8 Å². The number of nitrogens with zero attached hydrogens (tertiary/aromatic N) is 2. The molecule has 1 N–H and O–H groups in total. The molecular formula is C25H19F2N3OS2. The van der Waals surface area contributed by atoms with Gasteiger partial charge in [-0.2, -0.15) is 0 Å². The number of anilines is 1. The molecule has 1 aliphatic rings. The number of carbonyl (C=O) groups is 1. The van der Waals surface area contributed by atoms with Crippen LogP contribution in [0.1, 0.15) is 28.9 Å². The van der Waals surface area contributed by atoms with Crippen molar-refractivity contribution >= 4 is 34.9 Å². The van der Waals surface area contributed by atoms with Crippen LogP contribution in [0.3, 0.4) is 0 Å². The molecular weight excluding hydrogens is 460 g/mol. The largest absolute Gasteiger partial charge is 0.335 e. The number of thiophene rings is 1. The number of pyridine rings is 1. The van der Waals surface area contributed by atoms with E-state index in [0.717, 1.165) is 50.0 Å². The molecule has 1 amide bonds. The molecule has 4 nitrogen and oxygen atoms in total. The first-order chi connectivity index (χ1) is 15.9. The Morgan fingerprint density at radius 1 is 1.00 bits per heavy atom. The number of carbonyl (C=O) groups excluding carboxylic acids is 1. The fourth-order valence-electron chi connectivity index (χ4n) is 3.78. The molecule has 166 valence electrons. The number of hydrogen-bond acceptors (Lipinski definition) is 5. The summed E-state index contributed by atoms with van der Waals surface area (Å²) in [5, 5.41) is 0. The van der Waals surface area contributed by atoms with Gasteiger partial charge in [0, 0.05) is 40.2 Å². The summed E-state index contributed by atoms with van der Waals surface area (Å²) < 4.78 is 30.0. The van der Waals surface area contributed by atoms with Crippen molar-refractivity contribution in [2.45, 2.75) is 17.9 Å². The zero-order valence-electron chi connectivity index (χ0n) is 17.8. The Balaban J connectivity index is 1.36. The highest BCUT2D eigenvalue weighted by molar-refractivity contribution is 8.00. The number of benzene rings is 2. The van der Waals surface area contributed by atoms with Crippen molar-refractivity contribution in [3.63, 3.8) is 0 Å². The second kappa shape index (κ2) is 8.61. The fourth-order valence-corrected chi connectivity index (χ4v) is 5.40. The smallest absolute Gasteiger partial charge is 0.254 e. The fraction of sp³-hybridized carbons (Fsp3) is 0.120. The summed E-state index contributed by atoms with van der Waals surface area (Å²) in [6, 6.07) is 15.6. The van der Waals surface area contributed by atoms with Gasteiger partial charge in [-0.15, -0.1) is 11.3 Å². The quantitative estimate of drug-likeness (QED) is 0.312. The first-order valence-corrected chi connectivity index (χ1v) is 11.9.